The van der Waals surface area contributed by atoms with Crippen molar-refractivity contribution in [2.45, 2.75) is 50.2 Å². The normalized spacial score (nSPS) is 16.0. The molecule has 0 bridgehead atoms. The van der Waals surface area contributed by atoms with E-state index < -0.39 is 21.7 Å². The summed E-state index contributed by atoms with van der Waals surface area (Å²) in [5, 5.41) is 2.83. The number of piperidine rings is 1. The highest BCUT2D eigenvalue weighted by Crippen LogP contribution is 2.18. The highest BCUT2D eigenvalue weighted by molar-refractivity contribution is 7.89. The minimum atomic E-state index is -3.75. The van der Waals surface area contributed by atoms with Gasteiger partial charge in [0.1, 0.15) is 5.60 Å². The molecule has 1 aliphatic rings. The van der Waals surface area contributed by atoms with E-state index in [1.165, 1.54) is 38.4 Å². The Kier molecular flexibility index (Phi) is 7.25. The first-order valence-electron chi connectivity index (χ1n) is 9.36. The minimum Gasteiger partial charge on any atom is -0.444 e. The average Bonchev–Trinajstić information content (AvgIpc) is 2.66. The lowest BCUT2D eigenvalue weighted by molar-refractivity contribution is -0.0258. The van der Waals surface area contributed by atoms with Gasteiger partial charge in [-0.05, 0) is 57.9 Å². The Balaban J connectivity index is 1.93. The monoisotopic (exact) mass is 427 g/mol. The van der Waals surface area contributed by atoms with Crippen molar-refractivity contribution in [3.63, 3.8) is 0 Å². The van der Waals surface area contributed by atoms with Gasteiger partial charge in [-0.1, -0.05) is 4.47 Å². The van der Waals surface area contributed by atoms with E-state index in [0.717, 1.165) is 4.47 Å². The van der Waals surface area contributed by atoms with Gasteiger partial charge in [0, 0.05) is 31.7 Å². The molecular weight excluding hydrogens is 398 g/mol. The first-order chi connectivity index (χ1) is 13.4. The number of likely N-dealkylation sites (tertiary alicyclic amines) is 1. The van der Waals surface area contributed by atoms with Crippen LogP contribution in [0.3, 0.4) is 0 Å². The van der Waals surface area contributed by atoms with Crippen molar-refractivity contribution in [2.75, 3.05) is 27.2 Å². The largest absolute Gasteiger partial charge is 0.444 e. The summed E-state index contributed by atoms with van der Waals surface area (Å²) in [7, 11) is -1.20. The van der Waals surface area contributed by atoms with Gasteiger partial charge < -0.3 is 15.0 Å². The third-order valence-corrected chi connectivity index (χ3v) is 6.19. The number of carbonyl (C=O) groups excluding carboxylic acids is 2. The Hall–Kier alpha value is -2.17. The van der Waals surface area contributed by atoms with E-state index in [1.54, 1.807) is 25.7 Å². The summed E-state index contributed by atoms with van der Waals surface area (Å²) in [4.78, 5) is 31.0. The Bertz CT molecular complexity index is 824. The van der Waals surface area contributed by atoms with Gasteiger partial charge in [0.05, 0.1) is 12.0 Å². The third kappa shape index (κ3) is 6.15. The molecule has 1 saturated heterocycles. The molecular formula is C19H29N3O6S. The highest BCUT2D eigenvalue weighted by Gasteiger charge is 2.27. The molecule has 0 unspecified atom stereocenters. The predicted molar refractivity (Wildman–Crippen MR) is 107 cm³/mol. The molecule has 0 saturated carbocycles. The van der Waals surface area contributed by atoms with E-state index in [4.69, 9.17) is 9.57 Å². The van der Waals surface area contributed by atoms with E-state index >= 15 is 0 Å². The zero-order valence-electron chi connectivity index (χ0n) is 17.5. The van der Waals surface area contributed by atoms with Crippen LogP contribution in [-0.4, -0.2) is 68.7 Å². The summed E-state index contributed by atoms with van der Waals surface area (Å²) < 4.78 is 30.4. The summed E-state index contributed by atoms with van der Waals surface area (Å²) >= 11 is 0. The third-order valence-electron chi connectivity index (χ3n) is 4.50. The zero-order chi connectivity index (χ0) is 21.8. The topological polar surface area (TPSA) is 105 Å². The van der Waals surface area contributed by atoms with E-state index in [2.05, 4.69) is 5.32 Å². The van der Waals surface area contributed by atoms with Crippen LogP contribution in [0.1, 0.15) is 44.0 Å². The molecule has 162 valence electrons. The lowest BCUT2D eigenvalue weighted by atomic mass is 10.0. The fourth-order valence-electron chi connectivity index (χ4n) is 2.90. The number of hydrogen-bond donors (Lipinski definition) is 1. The van der Waals surface area contributed by atoms with Crippen molar-refractivity contribution in [1.82, 2.24) is 14.7 Å². The van der Waals surface area contributed by atoms with E-state index in [1.807, 2.05) is 0 Å². The predicted octanol–water partition coefficient (Wildman–Crippen LogP) is 2.00. The Morgan fingerprint density at radius 3 is 2.17 bits per heavy atom. The molecule has 0 spiro atoms. The van der Waals surface area contributed by atoms with Crippen molar-refractivity contribution in [3.8, 4) is 0 Å². The molecule has 2 amide bonds. The van der Waals surface area contributed by atoms with E-state index in [9.17, 15) is 18.0 Å². The summed E-state index contributed by atoms with van der Waals surface area (Å²) in [6.07, 6.45) is 0.784. The van der Waals surface area contributed by atoms with Gasteiger partial charge in [-0.15, -0.1) is 0 Å². The molecule has 0 atom stereocenters. The first-order valence-corrected chi connectivity index (χ1v) is 10.8. The molecule has 1 N–H and O–H groups in total. The van der Waals surface area contributed by atoms with Crippen molar-refractivity contribution >= 4 is 22.0 Å². The molecule has 0 radical (unpaired) electrons. The number of hydroxylamine groups is 1. The summed E-state index contributed by atoms with van der Waals surface area (Å²) in [6.45, 7) is 6.39. The highest BCUT2D eigenvalue weighted by atomic mass is 32.2. The van der Waals surface area contributed by atoms with Crippen LogP contribution in [-0.2, 0) is 19.6 Å². The molecule has 1 aromatic rings. The van der Waals surface area contributed by atoms with Gasteiger partial charge in [0.15, 0.2) is 0 Å². The van der Waals surface area contributed by atoms with Crippen LogP contribution in [0.15, 0.2) is 29.2 Å². The number of benzene rings is 1. The maximum absolute atomic E-state index is 12.7. The van der Waals surface area contributed by atoms with Crippen LogP contribution in [0, 0.1) is 0 Å². The maximum atomic E-state index is 12.7. The van der Waals surface area contributed by atoms with Crippen molar-refractivity contribution < 1.29 is 27.6 Å². The second-order valence-corrected chi connectivity index (χ2v) is 9.77. The van der Waals surface area contributed by atoms with Gasteiger partial charge in [0.2, 0.25) is 0 Å². The van der Waals surface area contributed by atoms with Crippen molar-refractivity contribution in [3.05, 3.63) is 29.8 Å². The lowest BCUT2D eigenvalue weighted by Crippen LogP contribution is -2.47. The average molecular weight is 428 g/mol. The van der Waals surface area contributed by atoms with Gasteiger partial charge in [-0.25, -0.2) is 13.2 Å². The number of nitrogens with zero attached hydrogens (tertiary/aromatic N) is 2. The number of alkyl carbamates (subject to hydrolysis) is 1. The van der Waals surface area contributed by atoms with Crippen LogP contribution in [0.5, 0.6) is 0 Å². The quantitative estimate of drug-likeness (QED) is 0.721. The Morgan fingerprint density at radius 2 is 1.69 bits per heavy atom. The molecule has 1 aromatic carbocycles. The fourth-order valence-corrected chi connectivity index (χ4v) is 3.87. The smallest absolute Gasteiger partial charge is 0.407 e. The standard InChI is InChI=1S/C19H29N3O6S/c1-19(2,3)28-18(24)20-15-10-12-22(13-11-15)17(23)14-6-8-16(9-7-14)29(25,26)21(4)27-5/h6-9,15H,10-13H2,1-5H3,(H,20,24). The van der Waals surface area contributed by atoms with E-state index in [-0.39, 0.29) is 16.8 Å². The van der Waals surface area contributed by atoms with Crippen LogP contribution < -0.4 is 5.32 Å². The Morgan fingerprint density at radius 1 is 1.14 bits per heavy atom. The van der Waals surface area contributed by atoms with Crippen molar-refractivity contribution in [2.24, 2.45) is 0 Å². The van der Waals surface area contributed by atoms with Gasteiger partial charge in [-0.3, -0.25) is 9.63 Å². The molecule has 10 heteroatoms. The number of amides is 2. The number of ether oxygens (including phenoxy) is 1. The number of sulfonamides is 1. The van der Waals surface area contributed by atoms with E-state index in [0.29, 0.717) is 31.5 Å². The fraction of sp³-hybridized carbons (Fsp3) is 0.579. The minimum absolute atomic E-state index is 0.0404. The Labute approximate surface area is 172 Å². The molecule has 1 fully saturated rings. The number of carbonyl (C=O) groups is 2. The van der Waals surface area contributed by atoms with Gasteiger partial charge in [0.25, 0.3) is 15.9 Å². The van der Waals surface area contributed by atoms with Crippen molar-refractivity contribution in [1.29, 1.82) is 0 Å². The number of hydrogen-bond acceptors (Lipinski definition) is 6. The molecule has 1 aliphatic heterocycles. The second kappa shape index (κ2) is 9.10. The molecule has 0 aromatic heterocycles. The van der Waals surface area contributed by atoms with Gasteiger partial charge >= 0.3 is 6.09 Å². The molecule has 1 heterocycles. The van der Waals surface area contributed by atoms with Crippen LogP contribution in [0.25, 0.3) is 0 Å². The lowest BCUT2D eigenvalue weighted by Gasteiger charge is -2.33. The molecule has 2 rings (SSSR count). The molecule has 0 aliphatic carbocycles. The number of rotatable bonds is 5. The zero-order valence-corrected chi connectivity index (χ0v) is 18.3. The summed E-state index contributed by atoms with van der Waals surface area (Å²) in [5.41, 5.74) is -0.152. The van der Waals surface area contributed by atoms with Gasteiger partial charge in [-0.2, -0.15) is 0 Å². The maximum Gasteiger partial charge on any atom is 0.407 e. The number of nitrogens with one attached hydrogen (secondary N) is 1. The van der Waals surface area contributed by atoms with Crippen LogP contribution in [0.4, 0.5) is 4.79 Å². The molecule has 9 nitrogen and oxygen atoms in total. The summed E-state index contributed by atoms with van der Waals surface area (Å²) in [5.74, 6) is -0.176. The second-order valence-electron chi connectivity index (χ2n) is 7.83. The summed E-state index contributed by atoms with van der Waals surface area (Å²) in [6, 6.07) is 5.70. The molecule has 29 heavy (non-hydrogen) atoms. The van der Waals surface area contributed by atoms with Crippen LogP contribution in [0.2, 0.25) is 0 Å². The SMILES string of the molecule is CON(C)S(=O)(=O)c1ccc(C(=O)N2CCC(NC(=O)OC(C)(C)C)CC2)cc1. The first kappa shape index (κ1) is 23.1. The van der Waals surface area contributed by atoms with Crippen LogP contribution >= 0.6 is 0 Å².